The summed E-state index contributed by atoms with van der Waals surface area (Å²) >= 11 is 0. The molecule has 126 valence electrons. The maximum absolute atomic E-state index is 13.4. The van der Waals surface area contributed by atoms with Crippen LogP contribution < -0.4 is 10.6 Å². The van der Waals surface area contributed by atoms with E-state index in [1.807, 2.05) is 4.40 Å². The molecule has 1 aliphatic heterocycles. The van der Waals surface area contributed by atoms with Crippen molar-refractivity contribution in [2.75, 3.05) is 5.32 Å². The van der Waals surface area contributed by atoms with Crippen LogP contribution in [0.15, 0.2) is 43.0 Å². The van der Waals surface area contributed by atoms with Gasteiger partial charge in [0.1, 0.15) is 5.82 Å². The van der Waals surface area contributed by atoms with E-state index in [0.717, 1.165) is 5.69 Å². The zero-order valence-corrected chi connectivity index (χ0v) is 13.1. The number of carbonyl (C=O) groups is 2. The predicted octanol–water partition coefficient (Wildman–Crippen LogP) is 1.61. The molecule has 1 unspecified atom stereocenters. The zero-order chi connectivity index (χ0) is 17.4. The first-order valence-electron chi connectivity index (χ1n) is 7.75. The molecule has 0 aliphatic carbocycles. The van der Waals surface area contributed by atoms with E-state index in [1.165, 1.54) is 18.2 Å². The van der Waals surface area contributed by atoms with E-state index in [9.17, 15) is 14.0 Å². The number of nitrogens with zero attached hydrogens (tertiary/aromatic N) is 3. The van der Waals surface area contributed by atoms with Crippen LogP contribution in [0, 0.1) is 5.82 Å². The first-order valence-corrected chi connectivity index (χ1v) is 7.75. The first kappa shape index (κ1) is 15.3. The van der Waals surface area contributed by atoms with Crippen LogP contribution in [0.1, 0.15) is 23.6 Å². The second-order valence-electron chi connectivity index (χ2n) is 5.81. The Kier molecular flexibility index (Phi) is 3.64. The van der Waals surface area contributed by atoms with Gasteiger partial charge in [0.2, 0.25) is 11.8 Å². The smallest absolute Gasteiger partial charge is 0.228 e. The van der Waals surface area contributed by atoms with Crippen LogP contribution in [0.4, 0.5) is 10.1 Å². The van der Waals surface area contributed by atoms with Gasteiger partial charge in [-0.2, -0.15) is 0 Å². The minimum Gasteiger partial charge on any atom is -0.350 e. The van der Waals surface area contributed by atoms with Crippen molar-refractivity contribution < 1.29 is 14.0 Å². The average Bonchev–Trinajstić information content (AvgIpc) is 3.01. The van der Waals surface area contributed by atoms with Crippen molar-refractivity contribution in [3.8, 4) is 0 Å². The van der Waals surface area contributed by atoms with E-state index >= 15 is 0 Å². The Balaban J connectivity index is 1.54. The molecule has 2 amide bonds. The van der Waals surface area contributed by atoms with E-state index in [2.05, 4.69) is 20.6 Å². The zero-order valence-electron chi connectivity index (χ0n) is 13.1. The summed E-state index contributed by atoms with van der Waals surface area (Å²) in [4.78, 5) is 32.6. The molecule has 8 heteroatoms. The summed E-state index contributed by atoms with van der Waals surface area (Å²) in [6, 6.07) is 4.05. The fourth-order valence-corrected chi connectivity index (χ4v) is 3.00. The number of amides is 2. The SMILES string of the molecule is O=C1CC(C(=O)NCc2cnc3cnccn23)c2ccc(F)cc2N1. The number of rotatable bonds is 3. The number of carbonyl (C=O) groups excluding carboxylic acids is 2. The van der Waals surface area contributed by atoms with Crippen molar-refractivity contribution in [1.29, 1.82) is 0 Å². The predicted molar refractivity (Wildman–Crippen MR) is 87.2 cm³/mol. The second kappa shape index (κ2) is 5.97. The lowest BCUT2D eigenvalue weighted by Crippen LogP contribution is -2.35. The number of benzene rings is 1. The van der Waals surface area contributed by atoms with Crippen LogP contribution in [0.25, 0.3) is 5.65 Å². The Morgan fingerprint density at radius 3 is 3.16 bits per heavy atom. The van der Waals surface area contributed by atoms with Crippen LogP contribution in [0.2, 0.25) is 0 Å². The molecule has 2 aromatic heterocycles. The molecule has 0 bridgehead atoms. The standard InChI is InChI=1S/C17H14FN5O2/c18-10-1-2-12-13(6-16(24)22-14(12)5-10)17(25)21-8-11-7-20-15-9-19-3-4-23(11)15/h1-5,7,9,13H,6,8H2,(H,21,25)(H,22,24). The van der Waals surface area contributed by atoms with Crippen molar-refractivity contribution in [1.82, 2.24) is 19.7 Å². The number of fused-ring (bicyclic) bond motifs is 2. The van der Waals surface area contributed by atoms with Gasteiger partial charge in [-0.1, -0.05) is 6.07 Å². The summed E-state index contributed by atoms with van der Waals surface area (Å²) in [5, 5.41) is 5.43. The van der Waals surface area contributed by atoms with Gasteiger partial charge < -0.3 is 10.6 Å². The van der Waals surface area contributed by atoms with Gasteiger partial charge in [0.15, 0.2) is 5.65 Å². The highest BCUT2D eigenvalue weighted by molar-refractivity contribution is 6.01. The van der Waals surface area contributed by atoms with Crippen molar-refractivity contribution in [3.05, 3.63) is 60.1 Å². The Labute approximate surface area is 141 Å². The summed E-state index contributed by atoms with van der Waals surface area (Å²) in [6.45, 7) is 0.263. The van der Waals surface area contributed by atoms with Crippen LogP contribution in [-0.4, -0.2) is 26.2 Å². The highest BCUT2D eigenvalue weighted by Crippen LogP contribution is 2.32. The van der Waals surface area contributed by atoms with Gasteiger partial charge in [-0.05, 0) is 17.7 Å². The van der Waals surface area contributed by atoms with Crippen molar-refractivity contribution >= 4 is 23.1 Å². The summed E-state index contributed by atoms with van der Waals surface area (Å²) < 4.78 is 15.2. The molecular formula is C17H14FN5O2. The fourth-order valence-electron chi connectivity index (χ4n) is 3.00. The quantitative estimate of drug-likeness (QED) is 0.759. The Morgan fingerprint density at radius 2 is 2.28 bits per heavy atom. The van der Waals surface area contributed by atoms with Gasteiger partial charge in [-0.25, -0.2) is 9.37 Å². The van der Waals surface area contributed by atoms with Crippen molar-refractivity contribution in [2.45, 2.75) is 18.9 Å². The Morgan fingerprint density at radius 1 is 1.40 bits per heavy atom. The van der Waals surface area contributed by atoms with Crippen LogP contribution in [0.3, 0.4) is 0 Å². The molecule has 3 heterocycles. The molecule has 0 fully saturated rings. The Hall–Kier alpha value is -3.29. The summed E-state index contributed by atoms with van der Waals surface area (Å²) in [7, 11) is 0. The van der Waals surface area contributed by atoms with E-state index in [4.69, 9.17) is 0 Å². The lowest BCUT2D eigenvalue weighted by atomic mass is 9.89. The molecule has 1 aliphatic rings. The minimum absolute atomic E-state index is 0.0293. The van der Waals surface area contributed by atoms with Crippen LogP contribution in [-0.2, 0) is 16.1 Å². The summed E-state index contributed by atoms with van der Waals surface area (Å²) in [6.07, 6.45) is 6.71. The average molecular weight is 339 g/mol. The largest absolute Gasteiger partial charge is 0.350 e. The number of anilines is 1. The number of nitrogens with one attached hydrogen (secondary N) is 2. The molecule has 4 rings (SSSR count). The van der Waals surface area contributed by atoms with E-state index in [1.54, 1.807) is 24.8 Å². The Bertz CT molecular complexity index is 984. The highest BCUT2D eigenvalue weighted by atomic mass is 19.1. The van der Waals surface area contributed by atoms with E-state index in [0.29, 0.717) is 16.9 Å². The number of imidazole rings is 1. The van der Waals surface area contributed by atoms with Crippen LogP contribution in [0.5, 0.6) is 0 Å². The highest BCUT2D eigenvalue weighted by Gasteiger charge is 2.30. The maximum atomic E-state index is 13.4. The number of halogens is 1. The molecule has 0 spiro atoms. The van der Waals surface area contributed by atoms with Crippen molar-refractivity contribution in [2.24, 2.45) is 0 Å². The van der Waals surface area contributed by atoms with Crippen LogP contribution >= 0.6 is 0 Å². The third kappa shape index (κ3) is 2.82. The summed E-state index contributed by atoms with van der Waals surface area (Å²) in [5.74, 6) is -1.70. The maximum Gasteiger partial charge on any atom is 0.228 e. The normalized spacial score (nSPS) is 16.4. The van der Waals surface area contributed by atoms with Gasteiger partial charge >= 0.3 is 0 Å². The molecule has 1 atom stereocenters. The molecule has 0 saturated carbocycles. The number of hydrogen-bond acceptors (Lipinski definition) is 4. The third-order valence-corrected chi connectivity index (χ3v) is 4.21. The topological polar surface area (TPSA) is 88.4 Å². The lowest BCUT2D eigenvalue weighted by molar-refractivity contribution is -0.126. The molecule has 3 aromatic rings. The molecule has 0 radical (unpaired) electrons. The summed E-state index contributed by atoms with van der Waals surface area (Å²) in [5.41, 5.74) is 2.44. The van der Waals surface area contributed by atoms with Crippen molar-refractivity contribution in [3.63, 3.8) is 0 Å². The lowest BCUT2D eigenvalue weighted by Gasteiger charge is -2.24. The second-order valence-corrected chi connectivity index (χ2v) is 5.81. The molecule has 2 N–H and O–H groups in total. The minimum atomic E-state index is -0.648. The van der Waals surface area contributed by atoms with Gasteiger partial charge in [0, 0.05) is 24.5 Å². The first-order chi connectivity index (χ1) is 12.1. The molecular weight excluding hydrogens is 325 g/mol. The van der Waals surface area contributed by atoms with Gasteiger partial charge in [0.05, 0.1) is 30.6 Å². The third-order valence-electron chi connectivity index (χ3n) is 4.21. The monoisotopic (exact) mass is 339 g/mol. The van der Waals surface area contributed by atoms with Gasteiger partial charge in [0.25, 0.3) is 0 Å². The number of hydrogen-bond donors (Lipinski definition) is 2. The van der Waals surface area contributed by atoms with E-state index < -0.39 is 11.7 Å². The van der Waals surface area contributed by atoms with Gasteiger partial charge in [-0.3, -0.25) is 19.0 Å². The van der Waals surface area contributed by atoms with Gasteiger partial charge in [-0.15, -0.1) is 0 Å². The molecule has 0 saturated heterocycles. The molecule has 7 nitrogen and oxygen atoms in total. The molecule has 1 aromatic carbocycles. The number of aromatic nitrogens is 3. The fraction of sp³-hybridized carbons (Fsp3) is 0.176. The van der Waals surface area contributed by atoms with E-state index in [-0.39, 0.29) is 24.8 Å². The molecule has 25 heavy (non-hydrogen) atoms.